The molecule has 0 bridgehead atoms. The quantitative estimate of drug-likeness (QED) is 0.0156. The van der Waals surface area contributed by atoms with Gasteiger partial charge in [0.15, 0.2) is 0 Å². The van der Waals surface area contributed by atoms with Crippen LogP contribution in [0.15, 0.2) is 85.1 Å². The minimum atomic E-state index is -4.46. The summed E-state index contributed by atoms with van der Waals surface area (Å²) >= 11 is 0. The van der Waals surface area contributed by atoms with E-state index in [1.54, 1.807) is 0 Å². The maximum atomic E-state index is 13.5. The van der Waals surface area contributed by atoms with E-state index >= 15 is 0 Å². The summed E-state index contributed by atoms with van der Waals surface area (Å²) in [5.41, 5.74) is 0. The largest absolute Gasteiger partial charge is 0.472 e. The van der Waals surface area contributed by atoms with Crippen LogP contribution in [-0.2, 0) is 27.9 Å². The molecular formula is C65H118N2O7P+. The fraction of sp³-hybridized carbons (Fsp3) is 0.754. The van der Waals surface area contributed by atoms with Gasteiger partial charge in [-0.2, -0.15) is 0 Å². The van der Waals surface area contributed by atoms with Crippen molar-refractivity contribution in [3.05, 3.63) is 85.1 Å². The second-order valence-electron chi connectivity index (χ2n) is 22.0. The van der Waals surface area contributed by atoms with Crippen LogP contribution in [0.3, 0.4) is 0 Å². The second-order valence-corrected chi connectivity index (χ2v) is 23.5. The number of quaternary nitrogens is 1. The second kappa shape index (κ2) is 54.5. The van der Waals surface area contributed by atoms with E-state index in [-0.39, 0.29) is 31.5 Å². The molecule has 0 fully saturated rings. The third-order valence-corrected chi connectivity index (χ3v) is 14.5. The number of allylic oxidation sites excluding steroid dienone is 13. The van der Waals surface area contributed by atoms with Crippen LogP contribution < -0.4 is 5.32 Å². The topological polar surface area (TPSA) is 111 Å². The summed E-state index contributed by atoms with van der Waals surface area (Å²) in [6.07, 6.45) is 71.6. The first-order valence-corrected chi connectivity index (χ1v) is 32.5. The number of ether oxygens (including phenoxy) is 1. The molecule has 0 saturated carbocycles. The summed E-state index contributed by atoms with van der Waals surface area (Å²) in [4.78, 5) is 37.7. The predicted octanol–water partition coefficient (Wildman–Crippen LogP) is 19.0. The summed E-state index contributed by atoms with van der Waals surface area (Å²) in [7, 11) is 1.47. The highest BCUT2D eigenvalue weighted by Crippen LogP contribution is 2.43. The molecule has 0 aliphatic heterocycles. The third kappa shape index (κ3) is 55.7. The highest BCUT2D eigenvalue weighted by molar-refractivity contribution is 7.47. The van der Waals surface area contributed by atoms with Gasteiger partial charge < -0.3 is 19.4 Å². The fourth-order valence-corrected chi connectivity index (χ4v) is 9.47. The summed E-state index contributed by atoms with van der Waals surface area (Å²) in [6.45, 7) is 6.84. The van der Waals surface area contributed by atoms with Crippen molar-refractivity contribution in [2.75, 3.05) is 40.9 Å². The van der Waals surface area contributed by atoms with Crippen molar-refractivity contribution in [1.82, 2.24) is 5.32 Å². The average molecular weight is 1070 g/mol. The Balaban J connectivity index is 5.25. The van der Waals surface area contributed by atoms with Crippen molar-refractivity contribution in [1.29, 1.82) is 0 Å². The number of amides is 1. The normalized spacial score (nSPS) is 14.3. The van der Waals surface area contributed by atoms with Crippen LogP contribution in [-0.4, -0.2) is 74.3 Å². The molecule has 0 aliphatic rings. The lowest BCUT2D eigenvalue weighted by atomic mass is 10.0. The van der Waals surface area contributed by atoms with E-state index in [1.165, 1.54) is 161 Å². The van der Waals surface area contributed by atoms with E-state index in [2.05, 4.69) is 38.2 Å². The molecule has 0 spiro atoms. The zero-order valence-corrected chi connectivity index (χ0v) is 50.4. The molecular weight excluding hydrogens is 952 g/mol. The van der Waals surface area contributed by atoms with Crippen molar-refractivity contribution >= 4 is 19.7 Å². The van der Waals surface area contributed by atoms with E-state index in [0.717, 1.165) is 64.2 Å². The number of nitrogens with zero attached hydrogens (tertiary/aromatic N) is 1. The lowest BCUT2D eigenvalue weighted by Gasteiger charge is -2.27. The minimum Gasteiger partial charge on any atom is -0.456 e. The van der Waals surface area contributed by atoms with Gasteiger partial charge in [-0.05, 0) is 51.0 Å². The van der Waals surface area contributed by atoms with Gasteiger partial charge in [-0.15, -0.1) is 0 Å². The van der Waals surface area contributed by atoms with E-state index in [0.29, 0.717) is 23.9 Å². The van der Waals surface area contributed by atoms with Crippen LogP contribution in [0.4, 0.5) is 0 Å². The Morgan fingerprint density at radius 2 is 0.853 bits per heavy atom. The smallest absolute Gasteiger partial charge is 0.456 e. The molecule has 0 aromatic carbocycles. The summed E-state index contributed by atoms with van der Waals surface area (Å²) < 4.78 is 30.6. The molecule has 0 aromatic heterocycles. The standard InChI is InChI=1S/C65H117N2O7P/c1-7-10-13-16-19-22-25-27-29-31-32-33-34-36-37-39-42-45-48-51-54-57-64(68)66-62(61-73-75(70,71)72-60-59-67(4,5)6)63(56-53-50-47-44-41-24-21-18-15-12-9-3)74-65(69)58-55-52-49-46-43-40-38-35-30-28-26-23-20-17-14-11-8-2/h11,14,17,20,23,26,28,30,35,38,40,43,53,56,62-63H,7-10,12-13,15-16,18-19,21-22,24-25,27,29,31-34,36-37,39,41-42,44-52,54-55,57-61H2,1-6H3,(H-,66,68,70,71)/p+1/b14-11-,20-17+,26-23+,30-28-,38-35+,43-40+,56-53+. The number of hydrogen-bond acceptors (Lipinski definition) is 6. The Bertz CT molecular complexity index is 1560. The molecule has 0 saturated heterocycles. The van der Waals surface area contributed by atoms with Crippen molar-refractivity contribution in [2.45, 2.75) is 277 Å². The average Bonchev–Trinajstić information content (AvgIpc) is 3.37. The molecule has 0 rings (SSSR count). The number of carbonyl (C=O) groups is 2. The molecule has 9 nitrogen and oxygen atoms in total. The SMILES string of the molecule is CC\C=C/C=C/C=C/C=C\C=C\C=C\CCCCCC(=O)OC(/C=C/CCCCCCCCCCC)C(COP(=O)(O)OCC[N+](C)(C)C)NC(=O)CCCCCCCCCCCCCCCCCCCCCCC. The zero-order chi connectivity index (χ0) is 55.0. The number of phosphoric ester groups is 1. The predicted molar refractivity (Wildman–Crippen MR) is 323 cm³/mol. The molecule has 434 valence electrons. The number of rotatable bonds is 55. The van der Waals surface area contributed by atoms with Crippen molar-refractivity contribution in [3.8, 4) is 0 Å². The van der Waals surface area contributed by atoms with Gasteiger partial charge in [0.2, 0.25) is 5.91 Å². The molecule has 0 radical (unpaired) electrons. The van der Waals surface area contributed by atoms with Gasteiger partial charge in [-0.25, -0.2) is 4.57 Å². The van der Waals surface area contributed by atoms with Gasteiger partial charge in [0.1, 0.15) is 19.3 Å². The number of esters is 1. The first-order valence-electron chi connectivity index (χ1n) is 31.0. The monoisotopic (exact) mass is 1070 g/mol. The number of phosphoric acid groups is 1. The highest BCUT2D eigenvalue weighted by Gasteiger charge is 2.30. The fourth-order valence-electron chi connectivity index (χ4n) is 8.74. The Hall–Kier alpha value is -2.81. The van der Waals surface area contributed by atoms with Gasteiger partial charge in [0, 0.05) is 12.8 Å². The van der Waals surface area contributed by atoms with Crippen LogP contribution in [0.25, 0.3) is 0 Å². The van der Waals surface area contributed by atoms with Gasteiger partial charge in [0.05, 0.1) is 33.8 Å². The molecule has 2 N–H and O–H groups in total. The number of hydrogen-bond donors (Lipinski definition) is 2. The summed E-state index contributed by atoms with van der Waals surface area (Å²) in [5, 5.41) is 3.04. The van der Waals surface area contributed by atoms with Crippen molar-refractivity contribution in [2.24, 2.45) is 0 Å². The van der Waals surface area contributed by atoms with Crippen LogP contribution in [0.5, 0.6) is 0 Å². The van der Waals surface area contributed by atoms with Gasteiger partial charge in [-0.1, -0.05) is 286 Å². The molecule has 3 atom stereocenters. The molecule has 1 amide bonds. The summed E-state index contributed by atoms with van der Waals surface area (Å²) in [6, 6.07) is -0.868. The number of unbranched alkanes of at least 4 members (excludes halogenated alkanes) is 32. The maximum absolute atomic E-state index is 13.5. The first-order chi connectivity index (χ1) is 36.4. The van der Waals surface area contributed by atoms with E-state index in [4.69, 9.17) is 13.8 Å². The molecule has 75 heavy (non-hydrogen) atoms. The third-order valence-electron chi connectivity index (χ3n) is 13.5. The van der Waals surface area contributed by atoms with Crippen molar-refractivity contribution in [3.63, 3.8) is 0 Å². The van der Waals surface area contributed by atoms with E-state index < -0.39 is 20.0 Å². The maximum Gasteiger partial charge on any atom is 0.472 e. The van der Waals surface area contributed by atoms with E-state index in [9.17, 15) is 19.0 Å². The number of likely N-dealkylation sites (N-methyl/N-ethyl adjacent to an activating group) is 1. The van der Waals surface area contributed by atoms with Crippen LogP contribution in [0.1, 0.15) is 265 Å². The lowest BCUT2D eigenvalue weighted by Crippen LogP contribution is -2.47. The molecule has 3 unspecified atom stereocenters. The molecule has 10 heteroatoms. The van der Waals surface area contributed by atoms with Crippen molar-refractivity contribution < 1.29 is 37.3 Å². The summed E-state index contributed by atoms with van der Waals surface area (Å²) in [5.74, 6) is -0.553. The molecule has 0 heterocycles. The lowest BCUT2D eigenvalue weighted by molar-refractivity contribution is -0.870. The molecule has 0 aliphatic carbocycles. The van der Waals surface area contributed by atoms with Gasteiger partial charge >= 0.3 is 13.8 Å². The Morgan fingerprint density at radius 1 is 0.480 bits per heavy atom. The van der Waals surface area contributed by atoms with Crippen LogP contribution in [0.2, 0.25) is 0 Å². The number of carbonyl (C=O) groups excluding carboxylic acids is 2. The first kappa shape index (κ1) is 72.2. The van der Waals surface area contributed by atoms with E-state index in [1.807, 2.05) is 94.1 Å². The van der Waals surface area contributed by atoms with Gasteiger partial charge in [0.25, 0.3) is 0 Å². The van der Waals surface area contributed by atoms with Gasteiger partial charge in [-0.3, -0.25) is 18.6 Å². The van der Waals surface area contributed by atoms with Crippen LogP contribution in [0, 0.1) is 0 Å². The number of nitrogens with one attached hydrogen (secondary N) is 1. The highest BCUT2D eigenvalue weighted by atomic mass is 31.2. The Morgan fingerprint density at radius 3 is 1.29 bits per heavy atom. The zero-order valence-electron chi connectivity index (χ0n) is 49.5. The Labute approximate surface area is 463 Å². The molecule has 0 aromatic rings. The Kier molecular flexibility index (Phi) is 52.5. The minimum absolute atomic E-state index is 0.0302. The van der Waals surface area contributed by atoms with Crippen LogP contribution >= 0.6 is 7.82 Å².